The van der Waals surface area contributed by atoms with Gasteiger partial charge in [0.25, 0.3) is 11.9 Å². The topological polar surface area (TPSA) is 85.1 Å². The molecule has 7 nitrogen and oxygen atoms in total. The van der Waals surface area contributed by atoms with Crippen LogP contribution in [0.4, 0.5) is 14.7 Å². The number of halogens is 2. The van der Waals surface area contributed by atoms with Gasteiger partial charge < -0.3 is 0 Å². The Kier molecular flexibility index (Phi) is 4.32. The lowest BCUT2D eigenvalue weighted by Gasteiger charge is -2.02. The maximum atomic E-state index is 13.5. The van der Waals surface area contributed by atoms with Gasteiger partial charge in [-0.3, -0.25) is 10.1 Å². The SMILES string of the molecule is O=C(Nc1nnnn1N=Cc1ccccc1F)c1ccc(F)cc1. The summed E-state index contributed by atoms with van der Waals surface area (Å²) in [6, 6.07) is 11.0. The van der Waals surface area contributed by atoms with Crippen LogP contribution in [0.1, 0.15) is 15.9 Å². The monoisotopic (exact) mass is 328 g/mol. The van der Waals surface area contributed by atoms with Gasteiger partial charge in [0.1, 0.15) is 11.6 Å². The first-order valence-corrected chi connectivity index (χ1v) is 6.77. The van der Waals surface area contributed by atoms with Crippen molar-refractivity contribution in [1.29, 1.82) is 0 Å². The van der Waals surface area contributed by atoms with E-state index in [1.807, 2.05) is 0 Å². The Hall–Kier alpha value is -3.49. The number of amides is 1. The Morgan fingerprint density at radius 1 is 1.12 bits per heavy atom. The number of carbonyl (C=O) groups is 1. The lowest BCUT2D eigenvalue weighted by atomic mass is 10.2. The van der Waals surface area contributed by atoms with Crippen LogP contribution in [0.2, 0.25) is 0 Å². The van der Waals surface area contributed by atoms with Crippen LogP contribution >= 0.6 is 0 Å². The third-order valence-corrected chi connectivity index (χ3v) is 3.00. The molecule has 0 spiro atoms. The molecule has 2 aromatic carbocycles. The molecule has 0 fully saturated rings. The van der Waals surface area contributed by atoms with Crippen LogP contribution in [-0.4, -0.2) is 32.4 Å². The number of aromatic nitrogens is 4. The molecular formula is C15H10F2N6O. The molecule has 0 aliphatic carbocycles. The van der Waals surface area contributed by atoms with E-state index in [0.29, 0.717) is 0 Å². The van der Waals surface area contributed by atoms with Crippen LogP contribution in [0.5, 0.6) is 0 Å². The van der Waals surface area contributed by atoms with Crippen LogP contribution in [0.15, 0.2) is 53.6 Å². The zero-order valence-corrected chi connectivity index (χ0v) is 12.1. The summed E-state index contributed by atoms with van der Waals surface area (Å²) in [7, 11) is 0. The number of tetrazole rings is 1. The van der Waals surface area contributed by atoms with E-state index in [1.54, 1.807) is 12.1 Å². The molecule has 0 unspecified atom stereocenters. The number of nitrogens with one attached hydrogen (secondary N) is 1. The normalized spacial score (nSPS) is 10.9. The van der Waals surface area contributed by atoms with Crippen molar-refractivity contribution in [2.45, 2.75) is 0 Å². The van der Waals surface area contributed by atoms with Crippen LogP contribution in [0.25, 0.3) is 0 Å². The first-order valence-electron chi connectivity index (χ1n) is 6.77. The molecule has 0 saturated heterocycles. The Labute approximate surface area is 134 Å². The summed E-state index contributed by atoms with van der Waals surface area (Å²) in [5, 5.41) is 16.9. The number of rotatable bonds is 4. The summed E-state index contributed by atoms with van der Waals surface area (Å²) < 4.78 is 26.4. The van der Waals surface area contributed by atoms with Gasteiger partial charge >= 0.3 is 0 Å². The van der Waals surface area contributed by atoms with Crippen molar-refractivity contribution in [3.05, 3.63) is 71.3 Å². The second kappa shape index (κ2) is 6.73. The van der Waals surface area contributed by atoms with Crippen molar-refractivity contribution in [2.24, 2.45) is 5.10 Å². The van der Waals surface area contributed by atoms with Gasteiger partial charge in [0.2, 0.25) is 0 Å². The van der Waals surface area contributed by atoms with Crippen LogP contribution < -0.4 is 5.32 Å². The summed E-state index contributed by atoms with van der Waals surface area (Å²) in [5.74, 6) is -1.50. The van der Waals surface area contributed by atoms with E-state index >= 15 is 0 Å². The maximum Gasteiger partial charge on any atom is 0.272 e. The number of nitrogens with zero attached hydrogens (tertiary/aromatic N) is 5. The van der Waals surface area contributed by atoms with Crippen molar-refractivity contribution < 1.29 is 13.6 Å². The van der Waals surface area contributed by atoms with Crippen LogP contribution in [-0.2, 0) is 0 Å². The molecular weight excluding hydrogens is 318 g/mol. The lowest BCUT2D eigenvalue weighted by Crippen LogP contribution is -2.15. The van der Waals surface area contributed by atoms with Gasteiger partial charge in [-0.05, 0) is 40.8 Å². The van der Waals surface area contributed by atoms with Gasteiger partial charge in [-0.1, -0.05) is 28.1 Å². The average molecular weight is 328 g/mol. The molecule has 3 aromatic rings. The van der Waals surface area contributed by atoms with Crippen molar-refractivity contribution in [3.8, 4) is 0 Å². The molecule has 0 saturated carbocycles. The summed E-state index contributed by atoms with van der Waals surface area (Å²) in [6.07, 6.45) is 1.22. The number of hydrogen-bond donors (Lipinski definition) is 1. The van der Waals surface area contributed by atoms with E-state index in [-0.39, 0.29) is 17.1 Å². The Morgan fingerprint density at radius 3 is 2.62 bits per heavy atom. The molecule has 1 heterocycles. The van der Waals surface area contributed by atoms with Gasteiger partial charge in [0.15, 0.2) is 0 Å². The first kappa shape index (κ1) is 15.4. The van der Waals surface area contributed by atoms with Crippen LogP contribution in [0.3, 0.4) is 0 Å². The average Bonchev–Trinajstić information content (AvgIpc) is 3.02. The minimum Gasteiger partial charge on any atom is -0.288 e. The second-order valence-electron chi connectivity index (χ2n) is 4.62. The molecule has 1 N–H and O–H groups in total. The van der Waals surface area contributed by atoms with E-state index in [4.69, 9.17) is 0 Å². The van der Waals surface area contributed by atoms with Crippen molar-refractivity contribution in [3.63, 3.8) is 0 Å². The fraction of sp³-hybridized carbons (Fsp3) is 0. The summed E-state index contributed by atoms with van der Waals surface area (Å²) in [6.45, 7) is 0. The Balaban J connectivity index is 1.77. The van der Waals surface area contributed by atoms with E-state index < -0.39 is 17.5 Å². The molecule has 0 radical (unpaired) electrons. The van der Waals surface area contributed by atoms with Crippen molar-refractivity contribution >= 4 is 18.1 Å². The zero-order chi connectivity index (χ0) is 16.9. The van der Waals surface area contributed by atoms with Crippen LogP contribution in [0, 0.1) is 11.6 Å². The molecule has 0 aliphatic rings. The maximum absolute atomic E-state index is 13.5. The summed E-state index contributed by atoms with van der Waals surface area (Å²) in [5.41, 5.74) is 0.466. The molecule has 0 atom stereocenters. The second-order valence-corrected chi connectivity index (χ2v) is 4.62. The molecule has 3 rings (SSSR count). The van der Waals surface area contributed by atoms with E-state index in [2.05, 4.69) is 25.9 Å². The molecule has 1 amide bonds. The highest BCUT2D eigenvalue weighted by atomic mass is 19.1. The highest BCUT2D eigenvalue weighted by Gasteiger charge is 2.11. The fourth-order valence-corrected chi connectivity index (χ4v) is 1.81. The van der Waals surface area contributed by atoms with E-state index in [1.165, 1.54) is 30.5 Å². The smallest absolute Gasteiger partial charge is 0.272 e. The Bertz CT molecular complexity index is 891. The highest BCUT2D eigenvalue weighted by molar-refractivity contribution is 6.03. The third kappa shape index (κ3) is 3.46. The lowest BCUT2D eigenvalue weighted by molar-refractivity contribution is 0.102. The predicted octanol–water partition coefficient (Wildman–Crippen LogP) is 2.09. The minimum atomic E-state index is -0.535. The van der Waals surface area contributed by atoms with Gasteiger partial charge in [-0.2, -0.15) is 5.10 Å². The number of benzene rings is 2. The van der Waals surface area contributed by atoms with Crippen molar-refractivity contribution in [2.75, 3.05) is 5.32 Å². The van der Waals surface area contributed by atoms with Gasteiger partial charge in [-0.15, -0.1) is 0 Å². The van der Waals surface area contributed by atoms with Gasteiger partial charge in [0.05, 0.1) is 6.21 Å². The van der Waals surface area contributed by atoms with E-state index in [9.17, 15) is 13.6 Å². The molecule has 0 aliphatic heterocycles. The van der Waals surface area contributed by atoms with E-state index in [0.717, 1.165) is 16.9 Å². The quantitative estimate of drug-likeness (QED) is 0.743. The first-order chi connectivity index (χ1) is 11.6. The minimum absolute atomic E-state index is 0.0584. The molecule has 120 valence electrons. The molecule has 24 heavy (non-hydrogen) atoms. The fourth-order valence-electron chi connectivity index (χ4n) is 1.81. The number of hydrogen-bond acceptors (Lipinski definition) is 5. The Morgan fingerprint density at radius 2 is 1.88 bits per heavy atom. The zero-order valence-electron chi connectivity index (χ0n) is 12.1. The summed E-state index contributed by atoms with van der Waals surface area (Å²) >= 11 is 0. The third-order valence-electron chi connectivity index (χ3n) is 3.00. The summed E-state index contributed by atoms with van der Waals surface area (Å²) in [4.78, 5) is 13.0. The van der Waals surface area contributed by atoms with Crippen molar-refractivity contribution in [1.82, 2.24) is 20.3 Å². The number of carbonyl (C=O) groups excluding carboxylic acids is 1. The standard InChI is InChI=1S/C15H10F2N6O/c16-12-7-5-10(6-8-12)14(24)19-15-20-21-22-23(15)18-9-11-3-1-2-4-13(11)17/h1-9H,(H,19,20,22,24). The largest absolute Gasteiger partial charge is 0.288 e. The number of anilines is 1. The van der Waals surface area contributed by atoms with Gasteiger partial charge in [-0.25, -0.2) is 8.78 Å². The molecule has 0 bridgehead atoms. The predicted molar refractivity (Wildman–Crippen MR) is 81.6 cm³/mol. The van der Waals surface area contributed by atoms with Gasteiger partial charge in [0, 0.05) is 11.1 Å². The highest BCUT2D eigenvalue weighted by Crippen LogP contribution is 2.08. The molecule has 9 heteroatoms. The molecule has 1 aromatic heterocycles.